The third-order valence-corrected chi connectivity index (χ3v) is 13.0. The van der Waals surface area contributed by atoms with Crippen molar-refractivity contribution in [3.8, 4) is 11.1 Å². The van der Waals surface area contributed by atoms with Crippen molar-refractivity contribution in [3.63, 3.8) is 0 Å². The predicted molar refractivity (Wildman–Crippen MR) is 236 cm³/mol. The zero-order valence-electron chi connectivity index (χ0n) is 34.4. The largest absolute Gasteiger partial charge is 0.468 e. The van der Waals surface area contributed by atoms with Crippen LogP contribution >= 0.6 is 11.8 Å². The Balaban J connectivity index is 1.14. The number of carbonyl (C=O) groups excluding carboxylic acids is 5. The average molecular weight is 839 g/mol. The second-order valence-corrected chi connectivity index (χ2v) is 16.9. The molecule has 2 aliphatic rings. The predicted octanol–water partition coefficient (Wildman–Crippen LogP) is 6.70. The molecule has 11 nitrogen and oxygen atoms in total. The number of alkyl carbamates (subject to hydrolysis) is 1. The van der Waals surface area contributed by atoms with Crippen LogP contribution in [0.3, 0.4) is 0 Å². The Kier molecular flexibility index (Phi) is 13.2. The van der Waals surface area contributed by atoms with Gasteiger partial charge in [0, 0.05) is 11.7 Å². The van der Waals surface area contributed by atoms with E-state index in [1.165, 1.54) is 18.9 Å². The van der Waals surface area contributed by atoms with Crippen LogP contribution in [-0.4, -0.2) is 73.4 Å². The van der Waals surface area contributed by atoms with Gasteiger partial charge in [-0.1, -0.05) is 153 Å². The minimum atomic E-state index is -1.30. The van der Waals surface area contributed by atoms with Crippen molar-refractivity contribution in [2.75, 3.05) is 26.0 Å². The Hall–Kier alpha value is -6.40. The molecule has 0 aromatic heterocycles. The van der Waals surface area contributed by atoms with E-state index in [1.807, 2.05) is 127 Å². The maximum absolute atomic E-state index is 14.5. The third kappa shape index (κ3) is 9.34. The van der Waals surface area contributed by atoms with Gasteiger partial charge >= 0.3 is 12.1 Å². The smallest absolute Gasteiger partial charge is 0.408 e. The van der Waals surface area contributed by atoms with Crippen LogP contribution in [0.25, 0.3) is 11.1 Å². The summed E-state index contributed by atoms with van der Waals surface area (Å²) in [5, 5.41) is 11.2. The van der Waals surface area contributed by atoms with Gasteiger partial charge in [0.2, 0.25) is 17.7 Å². The molecular weight excluding hydrogens is 789 g/mol. The number of benzene rings is 5. The van der Waals surface area contributed by atoms with Crippen LogP contribution in [0.5, 0.6) is 0 Å². The maximum Gasteiger partial charge on any atom is 0.408 e. The number of hydrogen-bond donors (Lipinski definition) is 4. The van der Waals surface area contributed by atoms with Gasteiger partial charge in [-0.3, -0.25) is 19.2 Å². The lowest BCUT2D eigenvalue weighted by molar-refractivity contribution is -0.141. The minimum absolute atomic E-state index is 0.0614. The first-order valence-corrected chi connectivity index (χ1v) is 21.4. The van der Waals surface area contributed by atoms with Crippen LogP contribution < -0.4 is 21.3 Å². The number of carbonyl (C=O) groups is 5. The molecule has 2 atom stereocenters. The number of thioether (sulfide) groups is 1. The maximum atomic E-state index is 14.5. The summed E-state index contributed by atoms with van der Waals surface area (Å²) in [5.74, 6) is -2.84. The number of amides is 4. The molecule has 2 aliphatic carbocycles. The van der Waals surface area contributed by atoms with Crippen molar-refractivity contribution in [1.29, 1.82) is 0 Å². The molecule has 1 unspecified atom stereocenters. The third-order valence-electron chi connectivity index (χ3n) is 11.4. The second-order valence-electron chi connectivity index (χ2n) is 15.7. The molecule has 0 bridgehead atoms. The summed E-state index contributed by atoms with van der Waals surface area (Å²) in [4.78, 5) is 67.6. The molecule has 4 N–H and O–H groups in total. The van der Waals surface area contributed by atoms with Gasteiger partial charge in [0.25, 0.3) is 0 Å². The quantitative estimate of drug-likeness (QED) is 0.0597. The van der Waals surface area contributed by atoms with E-state index in [2.05, 4.69) is 38.1 Å². The van der Waals surface area contributed by atoms with Gasteiger partial charge in [-0.15, -0.1) is 11.8 Å². The molecule has 0 spiro atoms. The molecule has 7 rings (SSSR count). The summed E-state index contributed by atoms with van der Waals surface area (Å²) in [5.41, 5.74) is 5.92. The fourth-order valence-electron chi connectivity index (χ4n) is 7.95. The number of esters is 1. The summed E-state index contributed by atoms with van der Waals surface area (Å²) in [6.45, 7) is 3.25. The first kappa shape index (κ1) is 42.7. The number of ether oxygens (including phenoxy) is 2. The number of methoxy groups -OCH3 is 1. The highest BCUT2D eigenvalue weighted by Gasteiger charge is 2.53. The van der Waals surface area contributed by atoms with Crippen molar-refractivity contribution in [2.24, 2.45) is 5.92 Å². The van der Waals surface area contributed by atoms with Crippen LogP contribution in [-0.2, 0) is 33.4 Å². The SMILES string of the molecule is COC(=O)CNC(=O)C(NC(=O)[C@@H](CSC(c1ccccc1)(c1ccccc1)c1ccccc1)NC(=O)C1(NC(=O)OCC2c3ccccc3-c3ccccc32)CC1)C(C)C. The van der Waals surface area contributed by atoms with Crippen molar-refractivity contribution < 1.29 is 33.4 Å². The summed E-state index contributed by atoms with van der Waals surface area (Å²) >= 11 is 1.47. The Labute approximate surface area is 360 Å². The zero-order chi connectivity index (χ0) is 43.0. The molecule has 12 heteroatoms. The molecule has 0 aliphatic heterocycles. The minimum Gasteiger partial charge on any atom is -0.468 e. The summed E-state index contributed by atoms with van der Waals surface area (Å²) in [6.07, 6.45) is -0.0445. The Bertz CT molecular complexity index is 2210. The molecule has 314 valence electrons. The molecule has 5 aromatic carbocycles. The van der Waals surface area contributed by atoms with Crippen molar-refractivity contribution in [3.05, 3.63) is 167 Å². The molecule has 4 amide bonds. The molecule has 1 fully saturated rings. The Morgan fingerprint density at radius 2 is 1.18 bits per heavy atom. The highest BCUT2D eigenvalue weighted by atomic mass is 32.2. The van der Waals surface area contributed by atoms with Gasteiger partial charge in [-0.2, -0.15) is 0 Å². The standard InChI is InChI=1S/C49H50N4O7S/c1-32(2)43(45(56)50-29-42(54)59-3)52-44(55)41(31-61-49(33-17-7-4-8-18-33,34-19-9-5-10-20-34)35-21-11-6-12-22-35)51-46(57)48(27-28-48)53-47(58)60-30-40-38-25-15-13-23-36(38)37-24-14-16-26-39(37)40/h4-26,32,40-41,43H,27-31H2,1-3H3,(H,50,56)(H,51,57)(H,52,55)(H,53,58)/t41-,43?/m1/s1. The van der Waals surface area contributed by atoms with E-state index in [4.69, 9.17) is 4.74 Å². The van der Waals surface area contributed by atoms with E-state index in [0.29, 0.717) is 12.8 Å². The summed E-state index contributed by atoms with van der Waals surface area (Å²) < 4.78 is 9.67. The van der Waals surface area contributed by atoms with E-state index in [1.54, 1.807) is 13.8 Å². The van der Waals surface area contributed by atoms with Crippen molar-refractivity contribution >= 4 is 41.5 Å². The highest BCUT2D eigenvalue weighted by molar-refractivity contribution is 8.00. The van der Waals surface area contributed by atoms with E-state index in [9.17, 15) is 24.0 Å². The number of hydrogen-bond acceptors (Lipinski definition) is 8. The van der Waals surface area contributed by atoms with Gasteiger partial charge in [0.05, 0.1) is 11.9 Å². The molecule has 5 aromatic rings. The Morgan fingerprint density at radius 3 is 1.66 bits per heavy atom. The van der Waals surface area contributed by atoms with Crippen LogP contribution in [0.2, 0.25) is 0 Å². The average Bonchev–Trinajstić information content (AvgIpc) is 4.01. The monoisotopic (exact) mass is 838 g/mol. The lowest BCUT2D eigenvalue weighted by atomic mass is 9.84. The molecule has 0 heterocycles. The van der Waals surface area contributed by atoms with Crippen LogP contribution in [0.15, 0.2) is 140 Å². The molecule has 0 saturated heterocycles. The molecule has 61 heavy (non-hydrogen) atoms. The Morgan fingerprint density at radius 1 is 0.689 bits per heavy atom. The topological polar surface area (TPSA) is 152 Å². The molecule has 0 radical (unpaired) electrons. The van der Waals surface area contributed by atoms with E-state index in [0.717, 1.165) is 38.9 Å². The first-order chi connectivity index (χ1) is 29.6. The van der Waals surface area contributed by atoms with Crippen LogP contribution in [0, 0.1) is 5.92 Å². The van der Waals surface area contributed by atoms with Gasteiger partial charge in [-0.05, 0) is 57.7 Å². The number of rotatable bonds is 17. The van der Waals surface area contributed by atoms with E-state index < -0.39 is 52.2 Å². The highest BCUT2D eigenvalue weighted by Crippen LogP contribution is 2.49. The zero-order valence-corrected chi connectivity index (χ0v) is 35.2. The number of nitrogens with one attached hydrogen (secondary N) is 4. The summed E-state index contributed by atoms with van der Waals surface area (Å²) in [7, 11) is 1.22. The fraction of sp³-hybridized carbons (Fsp3) is 0.286. The lowest BCUT2D eigenvalue weighted by Crippen LogP contribution is -2.59. The molecular formula is C49H50N4O7S. The van der Waals surface area contributed by atoms with Crippen molar-refractivity contribution in [1.82, 2.24) is 21.3 Å². The van der Waals surface area contributed by atoms with Crippen molar-refractivity contribution in [2.45, 2.75) is 55.0 Å². The van der Waals surface area contributed by atoms with Gasteiger partial charge in [0.15, 0.2) is 0 Å². The normalized spacial score (nSPS) is 14.7. The molecule has 1 saturated carbocycles. The van der Waals surface area contributed by atoms with Crippen LogP contribution in [0.4, 0.5) is 4.79 Å². The number of fused-ring (bicyclic) bond motifs is 3. The van der Waals surface area contributed by atoms with E-state index in [-0.39, 0.29) is 30.7 Å². The van der Waals surface area contributed by atoms with E-state index >= 15 is 0 Å². The lowest BCUT2D eigenvalue weighted by Gasteiger charge is -2.37. The first-order valence-electron chi connectivity index (χ1n) is 20.5. The van der Waals surface area contributed by atoms with Gasteiger partial charge in [0.1, 0.15) is 30.8 Å². The second kappa shape index (κ2) is 18.9. The fourth-order valence-corrected chi connectivity index (χ4v) is 9.51. The van der Waals surface area contributed by atoms with Crippen LogP contribution in [0.1, 0.15) is 60.4 Å². The summed E-state index contributed by atoms with van der Waals surface area (Å²) in [6, 6.07) is 43.8. The van der Waals surface area contributed by atoms with Gasteiger partial charge in [-0.25, -0.2) is 4.79 Å². The van der Waals surface area contributed by atoms with Gasteiger partial charge < -0.3 is 30.7 Å².